The molecule has 1 aromatic heterocycles. The number of carbonyl (C=O) groups excluding carboxylic acids is 3. The number of imide groups is 1. The number of para-hydroxylation sites is 2. The summed E-state index contributed by atoms with van der Waals surface area (Å²) in [5, 5.41) is 4.18. The van der Waals surface area contributed by atoms with Crippen molar-refractivity contribution < 1.29 is 14.4 Å². The Morgan fingerprint density at radius 3 is 2.33 bits per heavy atom. The van der Waals surface area contributed by atoms with Crippen molar-refractivity contribution in [1.82, 2.24) is 14.9 Å². The van der Waals surface area contributed by atoms with E-state index in [0.717, 1.165) is 5.56 Å². The molecule has 3 aliphatic rings. The van der Waals surface area contributed by atoms with Gasteiger partial charge in [-0.1, -0.05) is 44.2 Å². The lowest BCUT2D eigenvalue weighted by Crippen LogP contribution is -2.51. The van der Waals surface area contributed by atoms with Gasteiger partial charge in [0.15, 0.2) is 5.78 Å². The maximum Gasteiger partial charge on any atom is 0.266 e. The maximum atomic E-state index is 14.4. The van der Waals surface area contributed by atoms with E-state index >= 15 is 0 Å². The van der Waals surface area contributed by atoms with E-state index in [1.165, 1.54) is 11.8 Å². The number of benzene rings is 3. The van der Waals surface area contributed by atoms with Gasteiger partial charge >= 0.3 is 0 Å². The van der Waals surface area contributed by atoms with Crippen LogP contribution in [0.5, 0.6) is 0 Å². The summed E-state index contributed by atoms with van der Waals surface area (Å²) in [7, 11) is 0. The first-order chi connectivity index (χ1) is 18.8. The smallest absolute Gasteiger partial charge is 0.266 e. The molecule has 194 valence electrons. The minimum atomic E-state index is -1.17. The van der Waals surface area contributed by atoms with Crippen LogP contribution >= 0.6 is 0 Å². The van der Waals surface area contributed by atoms with Crippen LogP contribution in [0.2, 0.25) is 0 Å². The molecule has 8 nitrogen and oxygen atoms in total. The second-order valence-electron chi connectivity index (χ2n) is 11.0. The van der Waals surface area contributed by atoms with Gasteiger partial charge in [0, 0.05) is 17.2 Å². The Kier molecular flexibility index (Phi) is 4.88. The lowest BCUT2D eigenvalue weighted by Gasteiger charge is -2.32. The molecule has 4 heterocycles. The normalized spacial score (nSPS) is 25.0. The molecular formula is C31H26N4O4. The highest BCUT2D eigenvalue weighted by molar-refractivity contribution is 6.23. The first-order valence-electron chi connectivity index (χ1n) is 13.1. The molecule has 7 rings (SSSR count). The highest BCUT2D eigenvalue weighted by atomic mass is 16.2. The van der Waals surface area contributed by atoms with Gasteiger partial charge in [0.25, 0.3) is 5.56 Å². The van der Waals surface area contributed by atoms with Gasteiger partial charge in [-0.3, -0.25) is 29.1 Å². The Morgan fingerprint density at radius 2 is 1.62 bits per heavy atom. The van der Waals surface area contributed by atoms with Gasteiger partial charge in [-0.05, 0) is 55.3 Å². The summed E-state index contributed by atoms with van der Waals surface area (Å²) < 4.78 is 1.60. The van der Waals surface area contributed by atoms with Crippen LogP contribution in [-0.4, -0.2) is 33.2 Å². The zero-order valence-corrected chi connectivity index (χ0v) is 21.7. The lowest BCUT2D eigenvalue weighted by molar-refractivity contribution is -0.123. The molecule has 2 saturated heterocycles. The number of hydrogen-bond donors (Lipinski definition) is 1. The van der Waals surface area contributed by atoms with Gasteiger partial charge in [0.2, 0.25) is 11.8 Å². The van der Waals surface area contributed by atoms with Crippen LogP contribution in [0.1, 0.15) is 42.5 Å². The van der Waals surface area contributed by atoms with Crippen LogP contribution in [0, 0.1) is 17.8 Å². The summed E-state index contributed by atoms with van der Waals surface area (Å²) >= 11 is 0. The number of amides is 2. The zero-order valence-electron chi connectivity index (χ0n) is 21.7. The van der Waals surface area contributed by atoms with Gasteiger partial charge in [0.1, 0.15) is 11.4 Å². The summed E-state index contributed by atoms with van der Waals surface area (Å²) in [5.41, 5.74) is 1.53. The molecule has 0 unspecified atom stereocenters. The van der Waals surface area contributed by atoms with Crippen molar-refractivity contribution in [3.05, 3.63) is 100 Å². The summed E-state index contributed by atoms with van der Waals surface area (Å²) in [6.07, 6.45) is 0. The average molecular weight is 519 g/mol. The molecule has 0 radical (unpaired) electrons. The molecule has 0 bridgehead atoms. The number of ketones is 1. The van der Waals surface area contributed by atoms with Crippen molar-refractivity contribution in [2.45, 2.75) is 32.4 Å². The predicted molar refractivity (Wildman–Crippen MR) is 146 cm³/mol. The topological polar surface area (TPSA) is 101 Å². The molecule has 4 atom stereocenters. The van der Waals surface area contributed by atoms with E-state index in [9.17, 15) is 19.2 Å². The van der Waals surface area contributed by atoms with Crippen molar-refractivity contribution in [2.24, 2.45) is 17.8 Å². The highest BCUT2D eigenvalue weighted by Crippen LogP contribution is 2.56. The molecule has 2 amide bonds. The van der Waals surface area contributed by atoms with Crippen molar-refractivity contribution >= 4 is 34.2 Å². The third-order valence-electron chi connectivity index (χ3n) is 8.55. The van der Waals surface area contributed by atoms with Crippen LogP contribution in [-0.2, 0) is 15.1 Å². The number of anilines is 1. The van der Waals surface area contributed by atoms with E-state index in [0.29, 0.717) is 33.7 Å². The minimum absolute atomic E-state index is 0.0158. The summed E-state index contributed by atoms with van der Waals surface area (Å²) in [6.45, 7) is 5.52. The van der Waals surface area contributed by atoms with E-state index in [1.54, 1.807) is 41.0 Å². The standard InChI is InChI=1S/C31H26N4O4/c1-16(2)26-24-25(29(39)34(28(24)38)19-14-12-18(13-15-19)17(3)36)31(33-26)21-9-5-7-11-23(21)35-27(37)20-8-4-6-10-22(20)32-30(31)35/h4-16,24-26,33H,1-3H3/t24-,25-,26-,31-/m1/s1. The SMILES string of the molecule is CC(=O)c1ccc(N2C(=O)[C@H]3[C@@H](C(C)C)N[C@]4(c5ccccc5-n5c4nc4ccccc4c5=O)[C@H]3C2=O)cc1. The number of nitrogens with one attached hydrogen (secondary N) is 1. The largest absolute Gasteiger partial charge is 0.296 e. The van der Waals surface area contributed by atoms with Crippen LogP contribution in [0.25, 0.3) is 16.6 Å². The zero-order chi connectivity index (χ0) is 27.2. The second-order valence-corrected chi connectivity index (χ2v) is 11.0. The third-order valence-corrected chi connectivity index (χ3v) is 8.55. The van der Waals surface area contributed by atoms with Crippen molar-refractivity contribution in [3.63, 3.8) is 0 Å². The molecule has 0 saturated carbocycles. The molecule has 3 aliphatic heterocycles. The number of hydrogen-bond acceptors (Lipinski definition) is 6. The fourth-order valence-electron chi connectivity index (χ4n) is 6.82. The molecule has 4 aromatic rings. The number of fused-ring (bicyclic) bond motifs is 8. The Balaban J connectivity index is 1.49. The third kappa shape index (κ3) is 2.95. The van der Waals surface area contributed by atoms with Gasteiger partial charge in [-0.2, -0.15) is 0 Å². The van der Waals surface area contributed by atoms with Gasteiger partial charge in [-0.25, -0.2) is 9.88 Å². The first-order valence-corrected chi connectivity index (χ1v) is 13.1. The second kappa shape index (κ2) is 8.04. The number of rotatable bonds is 3. The Hall–Kier alpha value is -4.43. The van der Waals surface area contributed by atoms with Gasteiger partial charge < -0.3 is 0 Å². The van der Waals surface area contributed by atoms with Crippen LogP contribution < -0.4 is 15.8 Å². The van der Waals surface area contributed by atoms with Crippen LogP contribution in [0.15, 0.2) is 77.6 Å². The number of Topliss-reactive ketones (excluding diaryl/α,β-unsaturated/α-hetero) is 1. The summed E-state index contributed by atoms with van der Waals surface area (Å²) in [5.74, 6) is -1.75. The molecule has 1 spiro atoms. The van der Waals surface area contributed by atoms with Crippen molar-refractivity contribution in [1.29, 1.82) is 0 Å². The summed E-state index contributed by atoms with van der Waals surface area (Å²) in [4.78, 5) is 60.4. The average Bonchev–Trinajstić information content (AvgIpc) is 3.52. The Bertz CT molecular complexity index is 1790. The fourth-order valence-corrected chi connectivity index (χ4v) is 6.82. The monoisotopic (exact) mass is 518 g/mol. The summed E-state index contributed by atoms with van der Waals surface area (Å²) in [6, 6.07) is 20.9. The van der Waals surface area contributed by atoms with E-state index in [1.807, 2.05) is 50.2 Å². The van der Waals surface area contributed by atoms with Gasteiger partial charge in [0.05, 0.1) is 34.1 Å². The fraction of sp³-hybridized carbons (Fsp3) is 0.258. The van der Waals surface area contributed by atoms with Gasteiger partial charge in [-0.15, -0.1) is 0 Å². The van der Waals surface area contributed by atoms with E-state index < -0.39 is 17.4 Å². The van der Waals surface area contributed by atoms with E-state index in [-0.39, 0.29) is 35.1 Å². The number of nitrogens with zero attached hydrogens (tertiary/aromatic N) is 3. The minimum Gasteiger partial charge on any atom is -0.296 e. The molecule has 8 heteroatoms. The quantitative estimate of drug-likeness (QED) is 0.329. The highest BCUT2D eigenvalue weighted by Gasteiger charge is 2.70. The van der Waals surface area contributed by atoms with Crippen LogP contribution in [0.3, 0.4) is 0 Å². The predicted octanol–water partition coefficient (Wildman–Crippen LogP) is 3.58. The molecule has 0 aliphatic carbocycles. The molecule has 2 fully saturated rings. The molecule has 1 N–H and O–H groups in total. The number of aromatic nitrogens is 2. The molecule has 39 heavy (non-hydrogen) atoms. The van der Waals surface area contributed by atoms with Crippen LogP contribution in [0.4, 0.5) is 5.69 Å². The molecular weight excluding hydrogens is 492 g/mol. The molecule has 3 aromatic carbocycles. The Labute approximate surface area is 224 Å². The van der Waals surface area contributed by atoms with Crippen molar-refractivity contribution in [2.75, 3.05) is 4.90 Å². The van der Waals surface area contributed by atoms with E-state index in [4.69, 9.17) is 4.98 Å². The first kappa shape index (κ1) is 23.7. The maximum absolute atomic E-state index is 14.4. The Morgan fingerprint density at radius 1 is 0.923 bits per heavy atom. The number of carbonyl (C=O) groups is 3. The lowest BCUT2D eigenvalue weighted by atomic mass is 9.75. The van der Waals surface area contributed by atoms with Crippen molar-refractivity contribution in [3.8, 4) is 5.69 Å². The van der Waals surface area contributed by atoms with E-state index in [2.05, 4.69) is 5.32 Å².